The van der Waals surface area contributed by atoms with Crippen molar-refractivity contribution in [3.05, 3.63) is 88.4 Å². The number of nitrogens with one attached hydrogen (secondary N) is 1. The van der Waals surface area contributed by atoms with Crippen molar-refractivity contribution in [2.45, 2.75) is 49.5 Å². The van der Waals surface area contributed by atoms with Gasteiger partial charge in [-0.1, -0.05) is 36.7 Å². The fraction of sp³-hybridized carbons (Fsp3) is 0.296. The van der Waals surface area contributed by atoms with E-state index < -0.39 is 27.1 Å². The maximum atomic E-state index is 15.0. The molecule has 0 bridgehead atoms. The number of hydrogen-bond acceptors (Lipinski definition) is 4. The molecule has 1 aliphatic carbocycles. The summed E-state index contributed by atoms with van der Waals surface area (Å²) in [4.78, 5) is 12.7. The Hall–Kier alpha value is -2.97. The minimum absolute atomic E-state index is 0.00242. The fourth-order valence-electron chi connectivity index (χ4n) is 4.42. The van der Waals surface area contributed by atoms with E-state index in [0.29, 0.717) is 24.0 Å². The quantitative estimate of drug-likeness (QED) is 0.361. The first-order valence-electron chi connectivity index (χ1n) is 11.7. The van der Waals surface area contributed by atoms with Crippen LogP contribution in [0.25, 0.3) is 0 Å². The third kappa shape index (κ3) is 5.71. The average Bonchev–Trinajstić information content (AvgIpc) is 3.32. The maximum absolute atomic E-state index is 15.0. The van der Waals surface area contributed by atoms with Gasteiger partial charge in [0.2, 0.25) is 5.91 Å². The number of benzene rings is 3. The summed E-state index contributed by atoms with van der Waals surface area (Å²) in [6, 6.07) is 14.8. The van der Waals surface area contributed by atoms with Gasteiger partial charge >= 0.3 is 0 Å². The lowest BCUT2D eigenvalue weighted by molar-refractivity contribution is -0.115. The van der Waals surface area contributed by atoms with Gasteiger partial charge in [0, 0.05) is 11.8 Å². The SMILES string of the molecule is CCS(=O)(=O)c1ccc(CC(=O)Nc2ccc(OC3(c4ccc(Cl)c(F)c4)CCCC3)c(F)c2)cc1. The zero-order valence-corrected chi connectivity index (χ0v) is 21.3. The first kappa shape index (κ1) is 26.1. The summed E-state index contributed by atoms with van der Waals surface area (Å²) in [7, 11) is -3.31. The highest BCUT2D eigenvalue weighted by atomic mass is 35.5. The number of hydrogen-bond donors (Lipinski definition) is 1. The van der Waals surface area contributed by atoms with Crippen LogP contribution in [0.4, 0.5) is 14.5 Å². The summed E-state index contributed by atoms with van der Waals surface area (Å²) in [6.07, 6.45) is 2.96. The van der Waals surface area contributed by atoms with Crippen LogP contribution < -0.4 is 10.1 Å². The third-order valence-electron chi connectivity index (χ3n) is 6.41. The second kappa shape index (κ2) is 10.6. The van der Waals surface area contributed by atoms with Crippen molar-refractivity contribution in [1.82, 2.24) is 0 Å². The van der Waals surface area contributed by atoms with E-state index in [2.05, 4.69) is 5.32 Å². The zero-order chi connectivity index (χ0) is 25.9. The number of sulfone groups is 1. The molecule has 0 aromatic heterocycles. The van der Waals surface area contributed by atoms with Crippen LogP contribution >= 0.6 is 11.6 Å². The topological polar surface area (TPSA) is 72.5 Å². The molecule has 36 heavy (non-hydrogen) atoms. The predicted molar refractivity (Wildman–Crippen MR) is 135 cm³/mol. The molecule has 1 aliphatic rings. The van der Waals surface area contributed by atoms with Gasteiger partial charge in [0.1, 0.15) is 11.4 Å². The fourth-order valence-corrected chi connectivity index (χ4v) is 5.42. The molecule has 1 amide bonds. The lowest BCUT2D eigenvalue weighted by Crippen LogP contribution is -2.30. The van der Waals surface area contributed by atoms with E-state index in [1.54, 1.807) is 31.2 Å². The standard InChI is InChI=1S/C27H26ClF2NO4S/c1-2-36(33,34)21-9-5-18(6-10-21)15-26(32)31-20-8-12-25(24(30)17-20)35-27(13-3-4-14-27)19-7-11-22(28)23(29)16-19/h5-12,16-17H,2-4,13-15H2,1H3,(H,31,32). The Balaban J connectivity index is 1.45. The van der Waals surface area contributed by atoms with Gasteiger partial charge in [-0.2, -0.15) is 0 Å². The van der Waals surface area contributed by atoms with E-state index in [-0.39, 0.29) is 39.4 Å². The monoisotopic (exact) mass is 533 g/mol. The largest absolute Gasteiger partial charge is 0.480 e. The summed E-state index contributed by atoms with van der Waals surface area (Å²) in [5.41, 5.74) is 0.639. The van der Waals surface area contributed by atoms with Crippen LogP contribution in [-0.4, -0.2) is 20.1 Å². The molecule has 1 saturated carbocycles. The van der Waals surface area contributed by atoms with E-state index in [1.165, 1.54) is 36.4 Å². The van der Waals surface area contributed by atoms with Crippen LogP contribution in [0.3, 0.4) is 0 Å². The smallest absolute Gasteiger partial charge is 0.228 e. The van der Waals surface area contributed by atoms with Gasteiger partial charge in [-0.15, -0.1) is 0 Å². The minimum atomic E-state index is -3.31. The first-order chi connectivity index (χ1) is 17.1. The Morgan fingerprint density at radius 2 is 1.69 bits per heavy atom. The Kier molecular flexibility index (Phi) is 7.66. The summed E-state index contributed by atoms with van der Waals surface area (Å²) < 4.78 is 59.1. The van der Waals surface area contributed by atoms with Crippen molar-refractivity contribution in [3.8, 4) is 5.75 Å². The molecular formula is C27H26ClF2NO4S. The number of anilines is 1. The van der Waals surface area contributed by atoms with Crippen molar-refractivity contribution >= 4 is 33.0 Å². The third-order valence-corrected chi connectivity index (χ3v) is 8.46. The summed E-state index contributed by atoms with van der Waals surface area (Å²) in [6.45, 7) is 1.57. The molecule has 190 valence electrons. The van der Waals surface area contributed by atoms with Gasteiger partial charge in [-0.05, 0) is 73.2 Å². The molecule has 1 N–H and O–H groups in total. The van der Waals surface area contributed by atoms with Crippen LogP contribution in [0.1, 0.15) is 43.7 Å². The van der Waals surface area contributed by atoms with E-state index in [4.69, 9.17) is 16.3 Å². The molecule has 0 atom stereocenters. The molecule has 9 heteroatoms. The molecule has 0 unspecified atom stereocenters. The summed E-state index contributed by atoms with van der Waals surface area (Å²) in [5.74, 6) is -1.57. The van der Waals surface area contributed by atoms with Gasteiger partial charge in [-0.25, -0.2) is 17.2 Å². The van der Waals surface area contributed by atoms with Crippen molar-refractivity contribution < 1.29 is 26.7 Å². The molecule has 1 fully saturated rings. The van der Waals surface area contributed by atoms with Gasteiger partial charge in [0.15, 0.2) is 21.4 Å². The number of carbonyl (C=O) groups excluding carboxylic acids is 1. The Bertz CT molecular complexity index is 1370. The van der Waals surface area contributed by atoms with Crippen LogP contribution in [-0.2, 0) is 26.7 Å². The van der Waals surface area contributed by atoms with Crippen molar-refractivity contribution in [2.75, 3.05) is 11.1 Å². The molecule has 0 heterocycles. The maximum Gasteiger partial charge on any atom is 0.228 e. The van der Waals surface area contributed by atoms with Crippen molar-refractivity contribution in [1.29, 1.82) is 0 Å². The van der Waals surface area contributed by atoms with Gasteiger partial charge in [-0.3, -0.25) is 4.79 Å². The normalized spacial score (nSPS) is 15.0. The number of carbonyl (C=O) groups is 1. The van der Waals surface area contributed by atoms with Gasteiger partial charge < -0.3 is 10.1 Å². The number of amides is 1. The van der Waals surface area contributed by atoms with E-state index in [9.17, 15) is 22.0 Å². The van der Waals surface area contributed by atoms with Crippen LogP contribution in [0.15, 0.2) is 65.6 Å². The highest BCUT2D eigenvalue weighted by Crippen LogP contribution is 2.44. The highest BCUT2D eigenvalue weighted by molar-refractivity contribution is 7.91. The molecular weight excluding hydrogens is 508 g/mol. The molecule has 3 aromatic rings. The van der Waals surface area contributed by atoms with Crippen LogP contribution in [0.2, 0.25) is 5.02 Å². The molecule has 0 saturated heterocycles. The lowest BCUT2D eigenvalue weighted by atomic mass is 9.91. The minimum Gasteiger partial charge on any atom is -0.480 e. The van der Waals surface area contributed by atoms with Crippen LogP contribution in [0.5, 0.6) is 5.75 Å². The summed E-state index contributed by atoms with van der Waals surface area (Å²) in [5, 5.41) is 2.66. The second-order valence-corrected chi connectivity index (χ2v) is 11.5. The molecule has 5 nitrogen and oxygen atoms in total. The molecule has 0 spiro atoms. The molecule has 3 aromatic carbocycles. The van der Waals surface area contributed by atoms with Crippen LogP contribution in [0, 0.1) is 11.6 Å². The summed E-state index contributed by atoms with van der Waals surface area (Å²) >= 11 is 5.82. The van der Waals surface area contributed by atoms with Crippen molar-refractivity contribution in [2.24, 2.45) is 0 Å². The molecule has 0 radical (unpaired) electrons. The first-order valence-corrected chi connectivity index (χ1v) is 13.7. The number of rotatable bonds is 8. The Morgan fingerprint density at radius 1 is 1.00 bits per heavy atom. The highest BCUT2D eigenvalue weighted by Gasteiger charge is 2.39. The average molecular weight is 534 g/mol. The van der Waals surface area contributed by atoms with E-state index >= 15 is 0 Å². The molecule has 4 rings (SSSR count). The van der Waals surface area contributed by atoms with Gasteiger partial charge in [0.25, 0.3) is 0 Å². The predicted octanol–water partition coefficient (Wildman–Crippen LogP) is 6.44. The number of halogens is 3. The van der Waals surface area contributed by atoms with Crippen molar-refractivity contribution in [3.63, 3.8) is 0 Å². The van der Waals surface area contributed by atoms with E-state index in [1.807, 2.05) is 0 Å². The Labute approximate surface area is 214 Å². The number of ether oxygens (including phenoxy) is 1. The lowest BCUT2D eigenvalue weighted by Gasteiger charge is -2.31. The second-order valence-electron chi connectivity index (χ2n) is 8.85. The molecule has 0 aliphatic heterocycles. The van der Waals surface area contributed by atoms with Gasteiger partial charge in [0.05, 0.1) is 22.1 Å². The zero-order valence-electron chi connectivity index (χ0n) is 19.7. The van der Waals surface area contributed by atoms with E-state index in [0.717, 1.165) is 12.8 Å². The Morgan fingerprint density at radius 3 is 2.31 bits per heavy atom.